The van der Waals surface area contributed by atoms with Gasteiger partial charge in [0.2, 0.25) is 0 Å². The summed E-state index contributed by atoms with van der Waals surface area (Å²) in [5, 5.41) is 9.89. The zero-order chi connectivity index (χ0) is 10.1. The number of benzene rings is 1. The lowest BCUT2D eigenvalue weighted by molar-refractivity contribution is 0.111. The summed E-state index contributed by atoms with van der Waals surface area (Å²) in [7, 11) is 0. The van der Waals surface area contributed by atoms with Gasteiger partial charge in [-0.25, -0.2) is 0 Å². The van der Waals surface area contributed by atoms with Crippen LogP contribution in [0.3, 0.4) is 0 Å². The van der Waals surface area contributed by atoms with E-state index in [4.69, 9.17) is 0 Å². The molecule has 70 valence electrons. The maximum atomic E-state index is 9.89. The molecule has 1 aromatic carbocycles. The Bertz CT molecular complexity index is 324. The second-order valence-electron chi connectivity index (χ2n) is 3.65. The van der Waals surface area contributed by atoms with Crippen molar-refractivity contribution >= 4 is 0 Å². The molecule has 0 aromatic heterocycles. The minimum absolute atomic E-state index is 0.894. The molecule has 0 aliphatic heterocycles. The van der Waals surface area contributed by atoms with Crippen LogP contribution in [-0.4, -0.2) is 5.11 Å². The van der Waals surface area contributed by atoms with Gasteiger partial charge in [0.1, 0.15) is 5.60 Å². The van der Waals surface area contributed by atoms with Gasteiger partial charge in [-0.15, -0.1) is 0 Å². The third kappa shape index (κ3) is 1.99. The van der Waals surface area contributed by atoms with Crippen LogP contribution >= 0.6 is 0 Å². The van der Waals surface area contributed by atoms with E-state index in [1.807, 2.05) is 25.1 Å². The van der Waals surface area contributed by atoms with E-state index >= 15 is 0 Å². The van der Waals surface area contributed by atoms with Crippen molar-refractivity contribution in [3.63, 3.8) is 0 Å². The van der Waals surface area contributed by atoms with Crippen LogP contribution in [-0.2, 0) is 5.60 Å². The Morgan fingerprint density at radius 1 is 1.31 bits per heavy atom. The van der Waals surface area contributed by atoms with Gasteiger partial charge in [0, 0.05) is 0 Å². The van der Waals surface area contributed by atoms with Crippen LogP contribution in [0, 0.1) is 13.8 Å². The van der Waals surface area contributed by atoms with Crippen molar-refractivity contribution in [2.75, 3.05) is 0 Å². The Morgan fingerprint density at radius 3 is 2.38 bits per heavy atom. The molecule has 1 heteroatoms. The summed E-state index contributed by atoms with van der Waals surface area (Å²) in [6.07, 6.45) is 1.55. The van der Waals surface area contributed by atoms with Gasteiger partial charge in [0.05, 0.1) is 0 Å². The van der Waals surface area contributed by atoms with Gasteiger partial charge in [-0.1, -0.05) is 30.9 Å². The number of hydrogen-bond donors (Lipinski definition) is 1. The molecule has 0 aliphatic carbocycles. The standard InChI is InChI=1S/C12H16O/c1-5-12(4,13)11-7-6-9(2)10(3)8-11/h5-8,13H,1H2,2-4H3. The zero-order valence-electron chi connectivity index (χ0n) is 8.46. The van der Waals surface area contributed by atoms with E-state index in [0.29, 0.717) is 0 Å². The van der Waals surface area contributed by atoms with Gasteiger partial charge in [-0.2, -0.15) is 0 Å². The second kappa shape index (κ2) is 3.35. The fourth-order valence-corrected chi connectivity index (χ4v) is 1.17. The van der Waals surface area contributed by atoms with Crippen molar-refractivity contribution < 1.29 is 5.11 Å². The summed E-state index contributed by atoms with van der Waals surface area (Å²) in [5.74, 6) is 0. The molecule has 0 radical (unpaired) electrons. The van der Waals surface area contributed by atoms with E-state index in [1.54, 1.807) is 13.0 Å². The van der Waals surface area contributed by atoms with Crippen molar-refractivity contribution in [3.05, 3.63) is 47.5 Å². The maximum Gasteiger partial charge on any atom is 0.105 e. The topological polar surface area (TPSA) is 20.2 Å². The molecule has 0 fully saturated rings. The lowest BCUT2D eigenvalue weighted by atomic mass is 9.93. The molecule has 0 amide bonds. The summed E-state index contributed by atoms with van der Waals surface area (Å²) in [6.45, 7) is 9.45. The molecule has 0 saturated carbocycles. The van der Waals surface area contributed by atoms with Crippen molar-refractivity contribution in [2.24, 2.45) is 0 Å². The van der Waals surface area contributed by atoms with Crippen LogP contribution < -0.4 is 0 Å². The molecular formula is C12H16O. The molecule has 0 bridgehead atoms. The summed E-state index contributed by atoms with van der Waals surface area (Å²) in [6, 6.07) is 5.95. The van der Waals surface area contributed by atoms with E-state index in [-0.39, 0.29) is 0 Å². The number of rotatable bonds is 2. The minimum atomic E-state index is -0.918. The normalized spacial score (nSPS) is 15.1. The third-order valence-corrected chi connectivity index (χ3v) is 2.49. The molecule has 1 nitrogen and oxygen atoms in total. The molecule has 0 spiro atoms. The van der Waals surface area contributed by atoms with Gasteiger partial charge in [0.25, 0.3) is 0 Å². The van der Waals surface area contributed by atoms with Gasteiger partial charge in [-0.05, 0) is 37.5 Å². The monoisotopic (exact) mass is 176 g/mol. The van der Waals surface area contributed by atoms with Gasteiger partial charge in [0.15, 0.2) is 0 Å². The van der Waals surface area contributed by atoms with Crippen molar-refractivity contribution in [3.8, 4) is 0 Å². The van der Waals surface area contributed by atoms with E-state index in [2.05, 4.69) is 13.5 Å². The highest BCUT2D eigenvalue weighted by atomic mass is 16.3. The van der Waals surface area contributed by atoms with Crippen LogP contribution in [0.1, 0.15) is 23.6 Å². The molecule has 0 aliphatic rings. The van der Waals surface area contributed by atoms with Crippen LogP contribution in [0.4, 0.5) is 0 Å². The minimum Gasteiger partial charge on any atom is -0.381 e. The molecule has 1 atom stereocenters. The Balaban J connectivity index is 3.18. The average Bonchev–Trinajstić information content (AvgIpc) is 2.09. The summed E-state index contributed by atoms with van der Waals surface area (Å²) in [5.41, 5.74) is 2.41. The van der Waals surface area contributed by atoms with Crippen LogP contribution in [0.25, 0.3) is 0 Å². The fraction of sp³-hybridized carbons (Fsp3) is 0.333. The Morgan fingerprint density at radius 2 is 1.92 bits per heavy atom. The Labute approximate surface area is 79.7 Å². The van der Waals surface area contributed by atoms with Gasteiger partial charge < -0.3 is 5.11 Å². The smallest absolute Gasteiger partial charge is 0.105 e. The van der Waals surface area contributed by atoms with E-state index in [9.17, 15) is 5.11 Å². The first kappa shape index (κ1) is 10.0. The zero-order valence-corrected chi connectivity index (χ0v) is 8.46. The van der Waals surface area contributed by atoms with Crippen LogP contribution in [0.5, 0.6) is 0 Å². The molecule has 1 aromatic rings. The van der Waals surface area contributed by atoms with Crippen molar-refractivity contribution in [1.29, 1.82) is 0 Å². The van der Waals surface area contributed by atoms with E-state index < -0.39 is 5.60 Å². The first-order chi connectivity index (χ1) is 5.97. The van der Waals surface area contributed by atoms with E-state index in [1.165, 1.54) is 11.1 Å². The molecule has 13 heavy (non-hydrogen) atoms. The summed E-state index contributed by atoms with van der Waals surface area (Å²) >= 11 is 0. The molecule has 1 N–H and O–H groups in total. The first-order valence-corrected chi connectivity index (χ1v) is 4.41. The molecular weight excluding hydrogens is 160 g/mol. The lowest BCUT2D eigenvalue weighted by Crippen LogP contribution is -2.17. The van der Waals surface area contributed by atoms with Gasteiger partial charge in [-0.3, -0.25) is 0 Å². The van der Waals surface area contributed by atoms with Crippen molar-refractivity contribution in [2.45, 2.75) is 26.4 Å². The predicted octanol–water partition coefficient (Wildman–Crippen LogP) is 2.70. The third-order valence-electron chi connectivity index (χ3n) is 2.49. The largest absolute Gasteiger partial charge is 0.381 e. The Kier molecular flexibility index (Phi) is 2.58. The molecule has 0 saturated heterocycles. The molecule has 1 rings (SSSR count). The maximum absolute atomic E-state index is 9.89. The SMILES string of the molecule is C=CC(C)(O)c1ccc(C)c(C)c1. The fourth-order valence-electron chi connectivity index (χ4n) is 1.17. The van der Waals surface area contributed by atoms with Gasteiger partial charge >= 0.3 is 0 Å². The first-order valence-electron chi connectivity index (χ1n) is 4.41. The molecule has 1 unspecified atom stereocenters. The molecule has 0 heterocycles. The van der Waals surface area contributed by atoms with Crippen LogP contribution in [0.15, 0.2) is 30.9 Å². The highest BCUT2D eigenvalue weighted by Gasteiger charge is 2.18. The highest BCUT2D eigenvalue weighted by molar-refractivity contribution is 5.34. The van der Waals surface area contributed by atoms with Crippen LogP contribution in [0.2, 0.25) is 0 Å². The number of hydrogen-bond acceptors (Lipinski definition) is 1. The number of aliphatic hydroxyl groups is 1. The van der Waals surface area contributed by atoms with E-state index in [0.717, 1.165) is 5.56 Å². The summed E-state index contributed by atoms with van der Waals surface area (Å²) < 4.78 is 0. The average molecular weight is 176 g/mol. The predicted molar refractivity (Wildman–Crippen MR) is 55.7 cm³/mol. The lowest BCUT2D eigenvalue weighted by Gasteiger charge is -2.19. The summed E-state index contributed by atoms with van der Waals surface area (Å²) in [4.78, 5) is 0. The second-order valence-corrected chi connectivity index (χ2v) is 3.65. The Hall–Kier alpha value is -1.08. The number of aryl methyl sites for hydroxylation is 2. The quantitative estimate of drug-likeness (QED) is 0.687. The highest BCUT2D eigenvalue weighted by Crippen LogP contribution is 2.23. The van der Waals surface area contributed by atoms with Crippen molar-refractivity contribution in [1.82, 2.24) is 0 Å².